The minimum Gasteiger partial charge on any atom is -0.444 e. The van der Waals surface area contributed by atoms with Crippen molar-refractivity contribution >= 4 is 44.9 Å². The molecule has 2 rings (SSSR count). The first-order valence-corrected chi connectivity index (χ1v) is 12.0. The highest BCUT2D eigenvalue weighted by molar-refractivity contribution is 9.10. The average molecular weight is 539 g/mol. The lowest BCUT2D eigenvalue weighted by Gasteiger charge is -2.24. The number of hydrogen-bond donors (Lipinski definition) is 4. The fourth-order valence-electron chi connectivity index (χ4n) is 3.14. The molecule has 0 spiro atoms. The lowest BCUT2D eigenvalue weighted by atomic mass is 10.1. The van der Waals surface area contributed by atoms with Gasteiger partial charge in [-0.25, -0.2) is 9.59 Å². The summed E-state index contributed by atoms with van der Waals surface area (Å²) in [6.07, 6.45) is 1.67. The molecule has 0 radical (unpaired) electrons. The van der Waals surface area contributed by atoms with Crippen LogP contribution in [0, 0.1) is 0 Å². The Hall–Kier alpha value is -2.75. The molecule has 10 heteroatoms. The van der Waals surface area contributed by atoms with Crippen LogP contribution in [-0.2, 0) is 9.47 Å². The molecule has 4 N–H and O–H groups in total. The van der Waals surface area contributed by atoms with Gasteiger partial charge in [0, 0.05) is 40.7 Å². The van der Waals surface area contributed by atoms with Crippen LogP contribution in [0.15, 0.2) is 28.9 Å². The normalized spacial score (nSPS) is 12.7. The number of amides is 3. The van der Waals surface area contributed by atoms with Crippen molar-refractivity contribution in [3.05, 3.63) is 34.4 Å². The highest BCUT2D eigenvalue weighted by atomic mass is 79.9. The number of carbonyl (C=O) groups is 3. The summed E-state index contributed by atoms with van der Waals surface area (Å²) in [5.41, 5.74) is 0.143. The van der Waals surface area contributed by atoms with E-state index in [0.29, 0.717) is 24.9 Å². The Balaban J connectivity index is 1.96. The van der Waals surface area contributed by atoms with Gasteiger partial charge in [0.15, 0.2) is 0 Å². The number of hydrogen-bond acceptors (Lipinski definition) is 5. The molecule has 0 fully saturated rings. The van der Waals surface area contributed by atoms with Crippen molar-refractivity contribution in [1.29, 1.82) is 0 Å². The molecule has 9 nitrogen and oxygen atoms in total. The van der Waals surface area contributed by atoms with Crippen molar-refractivity contribution in [2.45, 2.75) is 71.6 Å². The van der Waals surface area contributed by atoms with Crippen LogP contribution in [0.3, 0.4) is 0 Å². The number of carbonyl (C=O) groups excluding carboxylic acids is 3. The molecule has 1 heterocycles. The van der Waals surface area contributed by atoms with E-state index in [9.17, 15) is 14.4 Å². The largest absolute Gasteiger partial charge is 0.444 e. The van der Waals surface area contributed by atoms with Crippen LogP contribution in [0.2, 0.25) is 0 Å². The fourth-order valence-corrected chi connectivity index (χ4v) is 3.51. The van der Waals surface area contributed by atoms with Crippen LogP contribution in [0.4, 0.5) is 9.59 Å². The summed E-state index contributed by atoms with van der Waals surface area (Å²) in [5, 5.41) is 9.20. The van der Waals surface area contributed by atoms with Crippen molar-refractivity contribution in [1.82, 2.24) is 20.9 Å². The van der Waals surface area contributed by atoms with E-state index in [1.807, 2.05) is 18.2 Å². The topological polar surface area (TPSA) is 122 Å². The highest BCUT2D eigenvalue weighted by Gasteiger charge is 2.21. The Bertz CT molecular complexity index is 1010. The molecule has 34 heavy (non-hydrogen) atoms. The van der Waals surface area contributed by atoms with Crippen LogP contribution < -0.4 is 16.0 Å². The van der Waals surface area contributed by atoms with Gasteiger partial charge in [-0.1, -0.05) is 15.9 Å². The molecule has 0 aliphatic carbocycles. The van der Waals surface area contributed by atoms with E-state index < -0.39 is 29.4 Å². The number of benzene rings is 1. The maximum atomic E-state index is 12.8. The van der Waals surface area contributed by atoms with E-state index in [4.69, 9.17) is 9.47 Å². The number of aromatic nitrogens is 1. The molecule has 1 atom stereocenters. The van der Waals surface area contributed by atoms with Crippen molar-refractivity contribution in [2.75, 3.05) is 13.1 Å². The number of alkyl carbamates (subject to hydrolysis) is 2. The first-order valence-electron chi connectivity index (χ1n) is 11.2. The summed E-state index contributed by atoms with van der Waals surface area (Å²) in [6.45, 7) is 11.3. The lowest BCUT2D eigenvalue weighted by molar-refractivity contribution is 0.0487. The molecule has 1 aromatic heterocycles. The van der Waals surface area contributed by atoms with Crippen LogP contribution in [0.1, 0.15) is 64.7 Å². The summed E-state index contributed by atoms with van der Waals surface area (Å²) in [5.74, 6) is -0.257. The summed E-state index contributed by atoms with van der Waals surface area (Å²) in [4.78, 5) is 40.1. The van der Waals surface area contributed by atoms with Crippen molar-refractivity contribution < 1.29 is 23.9 Å². The van der Waals surface area contributed by atoms with Gasteiger partial charge < -0.3 is 30.4 Å². The van der Waals surface area contributed by atoms with Crippen LogP contribution in [-0.4, -0.2) is 53.4 Å². The predicted octanol–water partition coefficient (Wildman–Crippen LogP) is 4.86. The average Bonchev–Trinajstić information content (AvgIpc) is 3.09. The zero-order chi connectivity index (χ0) is 25.5. The zero-order valence-electron chi connectivity index (χ0n) is 20.6. The van der Waals surface area contributed by atoms with Crippen molar-refractivity contribution in [3.8, 4) is 0 Å². The second-order valence-corrected chi connectivity index (χ2v) is 10.9. The van der Waals surface area contributed by atoms with Gasteiger partial charge in [-0.15, -0.1) is 0 Å². The first-order chi connectivity index (χ1) is 15.7. The Kier molecular flexibility index (Phi) is 9.37. The quantitative estimate of drug-likeness (QED) is 0.357. The molecule has 0 saturated heterocycles. The van der Waals surface area contributed by atoms with Gasteiger partial charge in [0.2, 0.25) is 0 Å². The number of rotatable bonds is 8. The van der Waals surface area contributed by atoms with E-state index in [1.54, 1.807) is 47.7 Å². The molecule has 0 aliphatic heterocycles. The van der Waals surface area contributed by atoms with Gasteiger partial charge in [0.25, 0.3) is 5.91 Å². The molecule has 2 aromatic rings. The van der Waals surface area contributed by atoms with E-state index in [2.05, 4.69) is 36.9 Å². The molecule has 3 amide bonds. The second kappa shape index (κ2) is 11.6. The third-order valence-electron chi connectivity index (χ3n) is 4.52. The maximum Gasteiger partial charge on any atom is 0.407 e. The Morgan fingerprint density at radius 3 is 2.29 bits per heavy atom. The highest BCUT2D eigenvalue weighted by Crippen LogP contribution is 2.22. The van der Waals surface area contributed by atoms with Crippen molar-refractivity contribution in [3.63, 3.8) is 0 Å². The van der Waals surface area contributed by atoms with Gasteiger partial charge in [-0.3, -0.25) is 4.79 Å². The molecule has 0 aliphatic rings. The first kappa shape index (κ1) is 27.5. The van der Waals surface area contributed by atoms with Crippen molar-refractivity contribution in [2.24, 2.45) is 0 Å². The number of aromatic amines is 1. The van der Waals surface area contributed by atoms with Gasteiger partial charge in [0.05, 0.1) is 5.56 Å². The summed E-state index contributed by atoms with van der Waals surface area (Å²) in [7, 11) is 0. The van der Waals surface area contributed by atoms with Gasteiger partial charge in [-0.2, -0.15) is 0 Å². The molecule has 0 bridgehead atoms. The Morgan fingerprint density at radius 2 is 1.65 bits per heavy atom. The number of halogens is 1. The zero-order valence-corrected chi connectivity index (χ0v) is 22.2. The Morgan fingerprint density at radius 1 is 1.00 bits per heavy atom. The van der Waals surface area contributed by atoms with Crippen LogP contribution >= 0.6 is 15.9 Å². The molecular weight excluding hydrogens is 504 g/mol. The molecule has 0 unspecified atom stereocenters. The molecule has 188 valence electrons. The lowest BCUT2D eigenvalue weighted by Crippen LogP contribution is -2.45. The van der Waals surface area contributed by atoms with Gasteiger partial charge in [0.1, 0.15) is 11.2 Å². The minimum atomic E-state index is -0.645. The smallest absolute Gasteiger partial charge is 0.407 e. The summed E-state index contributed by atoms with van der Waals surface area (Å²) in [6, 6.07) is 5.27. The molecule has 0 saturated carbocycles. The van der Waals surface area contributed by atoms with Crippen LogP contribution in [0.5, 0.6) is 0 Å². The SMILES string of the molecule is CC(C)(C)OC(=O)NCCC[C@@H](CNC(=O)c1c[nH]c2ccc(Br)cc12)NC(=O)OC(C)(C)C. The van der Waals surface area contributed by atoms with Gasteiger partial charge >= 0.3 is 12.2 Å². The number of fused-ring (bicyclic) bond motifs is 1. The Labute approximate surface area is 208 Å². The fraction of sp³-hybridized carbons (Fsp3) is 0.542. The summed E-state index contributed by atoms with van der Waals surface area (Å²) < 4.78 is 11.5. The van der Waals surface area contributed by atoms with E-state index in [0.717, 1.165) is 15.4 Å². The summed E-state index contributed by atoms with van der Waals surface area (Å²) >= 11 is 3.43. The van der Waals surface area contributed by atoms with Crippen LogP contribution in [0.25, 0.3) is 10.9 Å². The molecular formula is C24H35BrN4O5. The maximum absolute atomic E-state index is 12.8. The van der Waals surface area contributed by atoms with E-state index >= 15 is 0 Å². The van der Waals surface area contributed by atoms with E-state index in [-0.39, 0.29) is 12.5 Å². The van der Waals surface area contributed by atoms with E-state index in [1.165, 1.54) is 0 Å². The minimum absolute atomic E-state index is 0.200. The number of ether oxygens (including phenoxy) is 2. The standard InChI is InChI=1S/C24H35BrN4O5/c1-23(2,3)33-21(31)26-11-7-8-16(29-22(32)34-24(4,5)6)13-28-20(30)18-14-27-19-10-9-15(25)12-17(18)19/h9-10,12,14,16,27H,7-8,11,13H2,1-6H3,(H,26,31)(H,28,30)(H,29,32)/t16-/m0/s1. The second-order valence-electron chi connectivity index (χ2n) is 10.0. The number of H-pyrrole nitrogens is 1. The third-order valence-corrected chi connectivity index (χ3v) is 5.01. The monoisotopic (exact) mass is 538 g/mol. The van der Waals surface area contributed by atoms with Gasteiger partial charge in [-0.05, 0) is 72.6 Å². The predicted molar refractivity (Wildman–Crippen MR) is 135 cm³/mol. The molecule has 1 aromatic carbocycles. The number of nitrogens with one attached hydrogen (secondary N) is 4. The third kappa shape index (κ3) is 9.62.